The molecule has 0 aromatic heterocycles. The Hall–Kier alpha value is -1.87. The van der Waals surface area contributed by atoms with Crippen LogP contribution in [0.3, 0.4) is 0 Å². The predicted octanol–water partition coefficient (Wildman–Crippen LogP) is -2.05. The van der Waals surface area contributed by atoms with Crippen LogP contribution in [0, 0.1) is 0 Å². The minimum atomic E-state index is -0.927. The summed E-state index contributed by atoms with van der Waals surface area (Å²) in [4.78, 5) is 45.4. The summed E-state index contributed by atoms with van der Waals surface area (Å²) in [6, 6.07) is 0. The zero-order chi connectivity index (χ0) is 28.1. The molecule has 0 radical (unpaired) electrons. The van der Waals surface area contributed by atoms with Crippen LogP contribution in [0.15, 0.2) is 0 Å². The summed E-state index contributed by atoms with van der Waals surface area (Å²) in [6.07, 6.45) is 0. The Morgan fingerprint density at radius 2 is 0.973 bits per heavy atom. The summed E-state index contributed by atoms with van der Waals surface area (Å²) in [5.74, 6) is -1.04. The monoisotopic (exact) mass is 535 g/mol. The zero-order valence-electron chi connectivity index (χ0n) is 23.1. The normalized spacial score (nSPS) is 11.5. The van der Waals surface area contributed by atoms with Gasteiger partial charge in [-0.1, -0.05) is 13.8 Å². The van der Waals surface area contributed by atoms with Crippen LogP contribution in [-0.2, 0) is 23.9 Å². The van der Waals surface area contributed by atoms with Gasteiger partial charge in [0.2, 0.25) is 11.8 Å². The highest BCUT2D eigenvalue weighted by molar-refractivity contribution is 5.78. The number of rotatable bonds is 24. The largest absolute Gasteiger partial charge is 0.480 e. The lowest BCUT2D eigenvalue weighted by molar-refractivity contribution is -0.139. The van der Waals surface area contributed by atoms with Crippen molar-refractivity contribution in [3.63, 3.8) is 0 Å². The topological polar surface area (TPSA) is 147 Å². The Bertz CT molecular complexity index is 584. The van der Waals surface area contributed by atoms with Crippen molar-refractivity contribution < 1.29 is 39.2 Å². The minimum Gasteiger partial charge on any atom is -0.480 e. The molecule has 0 unspecified atom stereocenters. The van der Waals surface area contributed by atoms with E-state index in [-0.39, 0.29) is 57.9 Å². The molecule has 0 aliphatic heterocycles. The fourth-order valence-electron chi connectivity index (χ4n) is 3.33. The number of aliphatic hydroxyl groups excluding tert-OH is 2. The zero-order valence-corrected chi connectivity index (χ0v) is 23.1. The van der Waals surface area contributed by atoms with Crippen molar-refractivity contribution >= 4 is 17.8 Å². The van der Waals surface area contributed by atoms with Gasteiger partial charge in [-0.15, -0.1) is 0 Å². The first-order valence-corrected chi connectivity index (χ1v) is 12.9. The number of carbonyl (C=O) groups excluding carboxylic acids is 2. The van der Waals surface area contributed by atoms with Crippen LogP contribution in [0.5, 0.6) is 0 Å². The standard InChI is InChI=1S/C24H49N5O8/c1-5-27(19-22(32)25(3)11-15-36-17-13-30)7-9-29(21-24(34)35)10-8-28(6-2)20-23(33)26(4)12-16-37-18-14-31/h30-31H,5-21H2,1-4H3,(H,34,35). The molecule has 0 rings (SSSR count). The number of likely N-dealkylation sites (N-methyl/N-ethyl adjacent to an activating group) is 4. The van der Waals surface area contributed by atoms with Crippen molar-refractivity contribution in [3.05, 3.63) is 0 Å². The van der Waals surface area contributed by atoms with Gasteiger partial charge in [0.15, 0.2) is 0 Å². The van der Waals surface area contributed by atoms with Crippen molar-refractivity contribution in [1.82, 2.24) is 24.5 Å². The predicted molar refractivity (Wildman–Crippen MR) is 139 cm³/mol. The van der Waals surface area contributed by atoms with Gasteiger partial charge in [0.1, 0.15) is 0 Å². The Kier molecular flexibility index (Phi) is 21.0. The van der Waals surface area contributed by atoms with Crippen molar-refractivity contribution in [1.29, 1.82) is 0 Å². The van der Waals surface area contributed by atoms with Crippen LogP contribution in [0.25, 0.3) is 0 Å². The van der Waals surface area contributed by atoms with E-state index in [1.54, 1.807) is 23.9 Å². The SMILES string of the molecule is CCN(CCN(CCN(CC)CC(=O)N(C)CCOCCO)CC(=O)O)CC(=O)N(C)CCOCCO. The third-order valence-electron chi connectivity index (χ3n) is 5.90. The van der Waals surface area contributed by atoms with Crippen molar-refractivity contribution in [2.45, 2.75) is 13.8 Å². The third-order valence-corrected chi connectivity index (χ3v) is 5.90. The minimum absolute atomic E-state index is 0.0548. The van der Waals surface area contributed by atoms with Gasteiger partial charge in [0.25, 0.3) is 0 Å². The molecular formula is C24H49N5O8. The van der Waals surface area contributed by atoms with Gasteiger partial charge in [-0.2, -0.15) is 0 Å². The maximum absolute atomic E-state index is 12.5. The van der Waals surface area contributed by atoms with Crippen LogP contribution < -0.4 is 0 Å². The highest BCUT2D eigenvalue weighted by Gasteiger charge is 2.18. The Labute approximate surface area is 221 Å². The molecule has 0 saturated heterocycles. The molecule has 0 aliphatic rings. The van der Waals surface area contributed by atoms with Gasteiger partial charge in [-0.3, -0.25) is 29.1 Å². The first-order chi connectivity index (χ1) is 17.7. The molecule has 13 heteroatoms. The molecule has 0 spiro atoms. The van der Waals surface area contributed by atoms with Crippen LogP contribution in [0.2, 0.25) is 0 Å². The number of hydrogen-bond donors (Lipinski definition) is 3. The first kappa shape index (κ1) is 35.1. The molecule has 0 bridgehead atoms. The molecule has 37 heavy (non-hydrogen) atoms. The number of carboxylic acid groups (broad SMARTS) is 1. The average Bonchev–Trinajstić information content (AvgIpc) is 2.87. The van der Waals surface area contributed by atoms with Crippen LogP contribution in [0.1, 0.15) is 13.8 Å². The number of nitrogens with zero attached hydrogens (tertiary/aromatic N) is 5. The van der Waals surface area contributed by atoms with Crippen LogP contribution in [0.4, 0.5) is 0 Å². The van der Waals surface area contributed by atoms with Crippen molar-refractivity contribution in [2.24, 2.45) is 0 Å². The van der Waals surface area contributed by atoms with E-state index in [1.807, 2.05) is 28.5 Å². The summed E-state index contributed by atoms with van der Waals surface area (Å²) in [6.45, 7) is 9.46. The average molecular weight is 536 g/mol. The van der Waals surface area contributed by atoms with E-state index in [2.05, 4.69) is 0 Å². The number of ether oxygens (including phenoxy) is 2. The molecular weight excluding hydrogens is 486 g/mol. The summed E-state index contributed by atoms with van der Waals surface area (Å²) >= 11 is 0. The van der Waals surface area contributed by atoms with E-state index < -0.39 is 5.97 Å². The molecule has 0 aliphatic carbocycles. The van der Waals surface area contributed by atoms with E-state index >= 15 is 0 Å². The number of carboxylic acids is 1. The first-order valence-electron chi connectivity index (χ1n) is 12.9. The van der Waals surface area contributed by atoms with Gasteiger partial charge in [0, 0.05) is 53.4 Å². The van der Waals surface area contributed by atoms with Crippen molar-refractivity contribution in [3.8, 4) is 0 Å². The molecule has 2 amide bonds. The summed E-state index contributed by atoms with van der Waals surface area (Å²) < 4.78 is 10.4. The molecule has 3 N–H and O–H groups in total. The Balaban J connectivity index is 4.69. The molecule has 0 aromatic carbocycles. The lowest BCUT2D eigenvalue weighted by Gasteiger charge is -2.29. The highest BCUT2D eigenvalue weighted by atomic mass is 16.5. The lowest BCUT2D eigenvalue weighted by atomic mass is 10.3. The third kappa shape index (κ3) is 18.1. The van der Waals surface area contributed by atoms with E-state index in [1.165, 1.54) is 0 Å². The summed E-state index contributed by atoms with van der Waals surface area (Å²) in [7, 11) is 3.41. The second-order valence-electron chi connectivity index (χ2n) is 8.71. The molecule has 0 heterocycles. The Morgan fingerprint density at radius 1 is 0.595 bits per heavy atom. The maximum Gasteiger partial charge on any atom is 0.317 e. The van der Waals surface area contributed by atoms with Gasteiger partial charge in [-0.25, -0.2) is 0 Å². The summed E-state index contributed by atoms with van der Waals surface area (Å²) in [5.41, 5.74) is 0. The molecule has 0 fully saturated rings. The fraction of sp³-hybridized carbons (Fsp3) is 0.875. The number of amides is 2. The van der Waals surface area contributed by atoms with Gasteiger partial charge < -0.3 is 34.6 Å². The van der Waals surface area contributed by atoms with E-state index in [4.69, 9.17) is 19.7 Å². The molecule has 0 saturated carbocycles. The van der Waals surface area contributed by atoms with E-state index in [0.717, 1.165) is 0 Å². The second kappa shape index (κ2) is 22.1. The van der Waals surface area contributed by atoms with Crippen molar-refractivity contribution in [2.75, 3.05) is 126 Å². The molecule has 218 valence electrons. The number of aliphatic hydroxyl groups is 2. The number of aliphatic carboxylic acids is 1. The maximum atomic E-state index is 12.5. The van der Waals surface area contributed by atoms with E-state index in [0.29, 0.717) is 65.6 Å². The lowest BCUT2D eigenvalue weighted by Crippen LogP contribution is -2.46. The molecule has 13 nitrogen and oxygen atoms in total. The van der Waals surface area contributed by atoms with Gasteiger partial charge in [-0.05, 0) is 13.1 Å². The highest BCUT2D eigenvalue weighted by Crippen LogP contribution is 1.99. The van der Waals surface area contributed by atoms with Crippen LogP contribution in [-0.4, -0.2) is 183 Å². The smallest absolute Gasteiger partial charge is 0.317 e. The van der Waals surface area contributed by atoms with Crippen LogP contribution >= 0.6 is 0 Å². The molecule has 0 atom stereocenters. The summed E-state index contributed by atoms with van der Waals surface area (Å²) in [5, 5.41) is 26.9. The van der Waals surface area contributed by atoms with E-state index in [9.17, 15) is 19.5 Å². The quantitative estimate of drug-likeness (QED) is 0.117. The fourth-order valence-corrected chi connectivity index (χ4v) is 3.33. The molecule has 0 aromatic rings. The Morgan fingerprint density at radius 3 is 1.30 bits per heavy atom. The second-order valence-corrected chi connectivity index (χ2v) is 8.71. The number of carbonyl (C=O) groups is 3. The number of hydrogen-bond acceptors (Lipinski definition) is 10. The van der Waals surface area contributed by atoms with Gasteiger partial charge in [0.05, 0.1) is 59.3 Å². The van der Waals surface area contributed by atoms with Gasteiger partial charge >= 0.3 is 5.97 Å².